The summed E-state index contributed by atoms with van der Waals surface area (Å²) in [6, 6.07) is 0. The topological polar surface area (TPSA) is 29.5 Å². The first-order valence-corrected chi connectivity index (χ1v) is 10.4. The zero-order valence-electron chi connectivity index (χ0n) is 12.2. The van der Waals surface area contributed by atoms with Crippen molar-refractivity contribution in [2.45, 2.75) is 67.0 Å². The van der Waals surface area contributed by atoms with Gasteiger partial charge in [0.2, 0.25) is 0 Å². The highest BCUT2D eigenvalue weighted by Crippen LogP contribution is 2.41. The molecule has 1 N–H and O–H groups in total. The van der Waals surface area contributed by atoms with Crippen molar-refractivity contribution in [1.82, 2.24) is 0 Å². The van der Waals surface area contributed by atoms with Crippen LogP contribution in [0.15, 0.2) is 16.8 Å². The van der Waals surface area contributed by atoms with Crippen molar-refractivity contribution >= 4 is 47.8 Å². The lowest BCUT2D eigenvalue weighted by Crippen LogP contribution is -2.40. The maximum Gasteiger partial charge on any atom is 0.0715 e. The molecule has 2 fully saturated rings. The number of halogens is 3. The maximum absolute atomic E-state index is 10.4. The SMILES string of the molecule is CCC(Br)C1CC(Br)C(O)CC2CC(C=C=CBr)CC2O1. The van der Waals surface area contributed by atoms with Crippen LogP contribution in [0.4, 0.5) is 0 Å². The second-order valence-electron chi connectivity index (χ2n) is 6.13. The van der Waals surface area contributed by atoms with E-state index in [2.05, 4.69) is 66.5 Å². The van der Waals surface area contributed by atoms with Crippen LogP contribution >= 0.6 is 47.8 Å². The van der Waals surface area contributed by atoms with E-state index in [1.54, 1.807) is 4.99 Å². The number of fused-ring (bicyclic) bond motifs is 1. The summed E-state index contributed by atoms with van der Waals surface area (Å²) in [6.07, 6.45) is 7.11. The van der Waals surface area contributed by atoms with Gasteiger partial charge in [-0.15, -0.1) is 5.73 Å². The third kappa shape index (κ3) is 4.92. The Morgan fingerprint density at radius 1 is 1.33 bits per heavy atom. The fourth-order valence-electron chi connectivity index (χ4n) is 3.46. The van der Waals surface area contributed by atoms with Gasteiger partial charge in [0.25, 0.3) is 0 Å². The second-order valence-corrected chi connectivity index (χ2v) is 8.94. The molecule has 0 amide bonds. The van der Waals surface area contributed by atoms with E-state index in [4.69, 9.17) is 4.74 Å². The number of allylic oxidation sites excluding steroid dienone is 1. The molecule has 7 atom stereocenters. The van der Waals surface area contributed by atoms with Crippen LogP contribution in [-0.4, -0.2) is 33.1 Å². The van der Waals surface area contributed by atoms with Crippen LogP contribution in [0.25, 0.3) is 0 Å². The molecule has 1 saturated heterocycles. The molecule has 0 aromatic carbocycles. The van der Waals surface area contributed by atoms with Crippen molar-refractivity contribution in [3.63, 3.8) is 0 Å². The summed E-state index contributed by atoms with van der Waals surface area (Å²) in [5.74, 6) is 0.946. The van der Waals surface area contributed by atoms with E-state index in [1.807, 2.05) is 0 Å². The fraction of sp³-hybridized carbons (Fsp3) is 0.812. The van der Waals surface area contributed by atoms with Gasteiger partial charge in [-0.25, -0.2) is 0 Å². The summed E-state index contributed by atoms with van der Waals surface area (Å²) in [5.41, 5.74) is 3.13. The average Bonchev–Trinajstić information content (AvgIpc) is 2.83. The molecular weight excluding hydrogens is 464 g/mol. The minimum Gasteiger partial charge on any atom is -0.392 e. The number of aliphatic hydroxyl groups is 1. The van der Waals surface area contributed by atoms with Gasteiger partial charge >= 0.3 is 0 Å². The number of hydrogen-bond donors (Lipinski definition) is 1. The molecule has 0 aromatic heterocycles. The molecule has 120 valence electrons. The molecule has 1 aliphatic heterocycles. The summed E-state index contributed by atoms with van der Waals surface area (Å²) < 4.78 is 6.44. The van der Waals surface area contributed by atoms with Crippen molar-refractivity contribution in [3.05, 3.63) is 16.8 Å². The van der Waals surface area contributed by atoms with E-state index < -0.39 is 0 Å². The standard InChI is InChI=1S/C16H23Br3O2/c1-2-12(18)16-9-13(19)14(20)8-11-6-10(4-3-5-17)7-15(11)21-16/h4-5,10-16,20H,2,6-9H2,1H3. The van der Waals surface area contributed by atoms with E-state index in [0.717, 1.165) is 32.1 Å². The average molecular weight is 487 g/mol. The van der Waals surface area contributed by atoms with Gasteiger partial charge < -0.3 is 9.84 Å². The van der Waals surface area contributed by atoms with E-state index >= 15 is 0 Å². The van der Waals surface area contributed by atoms with Crippen molar-refractivity contribution < 1.29 is 9.84 Å². The molecule has 5 heteroatoms. The lowest BCUT2D eigenvalue weighted by atomic mass is 9.91. The molecule has 1 aliphatic carbocycles. The van der Waals surface area contributed by atoms with Gasteiger partial charge in [-0.1, -0.05) is 54.7 Å². The molecule has 7 unspecified atom stereocenters. The first-order valence-electron chi connectivity index (χ1n) is 7.68. The van der Waals surface area contributed by atoms with Gasteiger partial charge in [0.1, 0.15) is 0 Å². The Balaban J connectivity index is 2.11. The predicted molar refractivity (Wildman–Crippen MR) is 97.4 cm³/mol. The number of hydrogen-bond acceptors (Lipinski definition) is 2. The van der Waals surface area contributed by atoms with Gasteiger partial charge in [-0.05, 0) is 50.0 Å². The fourth-order valence-corrected chi connectivity index (χ4v) is 4.54. The Labute approximate surface area is 152 Å². The Morgan fingerprint density at radius 3 is 2.76 bits per heavy atom. The summed E-state index contributed by atoms with van der Waals surface area (Å²) in [4.78, 5) is 2.24. The smallest absolute Gasteiger partial charge is 0.0715 e. The molecular formula is C16H23Br3O2. The van der Waals surface area contributed by atoms with E-state index in [9.17, 15) is 5.11 Å². The molecule has 2 aliphatic rings. The van der Waals surface area contributed by atoms with E-state index in [0.29, 0.717) is 16.7 Å². The normalized spacial score (nSPS) is 41.4. The minimum atomic E-state index is -0.282. The third-order valence-corrected chi connectivity index (χ3v) is 7.11. The Bertz CT molecular complexity index is 395. The molecule has 1 heterocycles. The highest BCUT2D eigenvalue weighted by molar-refractivity contribution is 9.11. The highest BCUT2D eigenvalue weighted by Gasteiger charge is 2.41. The Morgan fingerprint density at radius 2 is 2.10 bits per heavy atom. The van der Waals surface area contributed by atoms with Crippen molar-refractivity contribution in [2.75, 3.05) is 0 Å². The van der Waals surface area contributed by atoms with Crippen LogP contribution in [-0.2, 0) is 4.74 Å². The monoisotopic (exact) mass is 484 g/mol. The Kier molecular flexibility index (Phi) is 7.51. The zero-order chi connectivity index (χ0) is 15.4. The highest BCUT2D eigenvalue weighted by atomic mass is 79.9. The maximum atomic E-state index is 10.4. The van der Waals surface area contributed by atoms with Crippen LogP contribution in [0, 0.1) is 11.8 Å². The molecule has 0 bridgehead atoms. The number of aliphatic hydroxyl groups excluding tert-OH is 1. The largest absolute Gasteiger partial charge is 0.392 e. The van der Waals surface area contributed by atoms with Crippen LogP contribution < -0.4 is 0 Å². The van der Waals surface area contributed by atoms with E-state index in [-0.39, 0.29) is 23.1 Å². The molecule has 1 saturated carbocycles. The Hall–Kier alpha value is 0.880. The van der Waals surface area contributed by atoms with Crippen molar-refractivity contribution in [2.24, 2.45) is 11.8 Å². The summed E-state index contributed by atoms with van der Waals surface area (Å²) >= 11 is 10.7. The van der Waals surface area contributed by atoms with Crippen LogP contribution in [0.3, 0.4) is 0 Å². The third-order valence-electron chi connectivity index (χ3n) is 4.62. The van der Waals surface area contributed by atoms with Gasteiger partial charge in [-0.3, -0.25) is 0 Å². The van der Waals surface area contributed by atoms with Gasteiger partial charge in [-0.2, -0.15) is 0 Å². The van der Waals surface area contributed by atoms with Crippen LogP contribution in [0.5, 0.6) is 0 Å². The quantitative estimate of drug-likeness (QED) is 0.453. The lowest BCUT2D eigenvalue weighted by molar-refractivity contribution is -0.0616. The molecule has 2 nitrogen and oxygen atoms in total. The van der Waals surface area contributed by atoms with E-state index in [1.165, 1.54) is 0 Å². The molecule has 0 radical (unpaired) electrons. The zero-order valence-corrected chi connectivity index (χ0v) is 17.0. The second kappa shape index (κ2) is 8.65. The lowest BCUT2D eigenvalue weighted by Gasteiger charge is -2.35. The number of ether oxygens (including phenoxy) is 1. The minimum absolute atomic E-state index is 0.118. The first-order chi connectivity index (χ1) is 10.0. The van der Waals surface area contributed by atoms with Crippen LogP contribution in [0.1, 0.15) is 39.0 Å². The summed E-state index contributed by atoms with van der Waals surface area (Å²) in [6.45, 7) is 2.17. The van der Waals surface area contributed by atoms with Crippen molar-refractivity contribution in [1.29, 1.82) is 0 Å². The first kappa shape index (κ1) is 18.2. The van der Waals surface area contributed by atoms with Crippen LogP contribution in [0.2, 0.25) is 0 Å². The summed E-state index contributed by atoms with van der Waals surface area (Å²) in [7, 11) is 0. The van der Waals surface area contributed by atoms with Gasteiger partial charge in [0.05, 0.1) is 18.3 Å². The van der Waals surface area contributed by atoms with Gasteiger partial charge in [0.15, 0.2) is 0 Å². The van der Waals surface area contributed by atoms with Gasteiger partial charge in [0, 0.05) is 14.6 Å². The molecule has 0 aromatic rings. The summed E-state index contributed by atoms with van der Waals surface area (Å²) in [5, 5.41) is 10.4. The predicted octanol–water partition coefficient (Wildman–Crippen LogP) is 4.92. The molecule has 0 spiro atoms. The number of alkyl halides is 2. The molecule has 2 rings (SSSR count). The van der Waals surface area contributed by atoms with Crippen molar-refractivity contribution in [3.8, 4) is 0 Å². The number of rotatable bonds is 3. The molecule has 21 heavy (non-hydrogen) atoms.